The van der Waals surface area contributed by atoms with Crippen LogP contribution in [0.15, 0.2) is 29.6 Å². The summed E-state index contributed by atoms with van der Waals surface area (Å²) in [5.41, 5.74) is 3.61. The molecule has 0 amide bonds. The van der Waals surface area contributed by atoms with E-state index in [1.54, 1.807) is 18.4 Å². The van der Waals surface area contributed by atoms with Gasteiger partial charge in [-0.3, -0.25) is 0 Å². The normalized spacial score (nSPS) is 10.7. The van der Waals surface area contributed by atoms with Crippen molar-refractivity contribution in [3.8, 4) is 11.3 Å². The number of nitrogens with zero attached hydrogens (tertiary/aromatic N) is 1. The molecule has 0 aliphatic rings. The largest absolute Gasteiger partial charge is 0.385 e. The molecule has 1 aromatic heterocycles. The van der Waals surface area contributed by atoms with Gasteiger partial charge in [-0.15, -0.1) is 11.3 Å². The molecule has 0 radical (unpaired) electrons. The highest BCUT2D eigenvalue weighted by molar-refractivity contribution is 7.09. The van der Waals surface area contributed by atoms with E-state index in [1.807, 2.05) is 0 Å². The molecule has 90 valence electrons. The first kappa shape index (κ1) is 12.3. The summed E-state index contributed by atoms with van der Waals surface area (Å²) in [5, 5.41) is 3.34. The molecule has 1 heterocycles. The zero-order valence-electron chi connectivity index (χ0n) is 10.3. The second kappa shape index (κ2) is 5.94. The predicted molar refractivity (Wildman–Crippen MR) is 72.5 cm³/mol. The molecule has 0 spiro atoms. The minimum atomic E-state index is 0.805. The number of aryl methyl sites for hydroxylation is 2. The molecule has 17 heavy (non-hydrogen) atoms. The smallest absolute Gasteiger partial charge is 0.0933 e. The Morgan fingerprint density at radius 1 is 1.29 bits per heavy atom. The highest BCUT2D eigenvalue weighted by atomic mass is 32.1. The SMILES string of the molecule is COCCCc1nc(-c2ccccc2C)cs1. The van der Waals surface area contributed by atoms with Gasteiger partial charge in [0, 0.05) is 31.1 Å². The van der Waals surface area contributed by atoms with Gasteiger partial charge in [0.15, 0.2) is 0 Å². The first-order chi connectivity index (χ1) is 8.31. The third-order valence-electron chi connectivity index (χ3n) is 2.71. The monoisotopic (exact) mass is 247 g/mol. The van der Waals surface area contributed by atoms with Crippen LogP contribution >= 0.6 is 11.3 Å². The highest BCUT2D eigenvalue weighted by Gasteiger charge is 2.06. The zero-order valence-corrected chi connectivity index (χ0v) is 11.1. The first-order valence-corrected chi connectivity index (χ1v) is 6.68. The third kappa shape index (κ3) is 3.14. The van der Waals surface area contributed by atoms with Crippen LogP contribution in [0.25, 0.3) is 11.3 Å². The second-order valence-electron chi connectivity index (χ2n) is 4.04. The van der Waals surface area contributed by atoms with E-state index >= 15 is 0 Å². The molecule has 0 unspecified atom stereocenters. The van der Waals surface area contributed by atoms with Gasteiger partial charge >= 0.3 is 0 Å². The second-order valence-corrected chi connectivity index (χ2v) is 4.98. The van der Waals surface area contributed by atoms with E-state index in [0.717, 1.165) is 25.1 Å². The summed E-state index contributed by atoms with van der Waals surface area (Å²) in [6.45, 7) is 2.93. The molecule has 0 saturated carbocycles. The van der Waals surface area contributed by atoms with Gasteiger partial charge in [-0.25, -0.2) is 4.98 Å². The Kier molecular flexibility index (Phi) is 4.29. The molecule has 2 aromatic rings. The maximum absolute atomic E-state index is 5.05. The number of thiazole rings is 1. The van der Waals surface area contributed by atoms with Crippen LogP contribution in [0.5, 0.6) is 0 Å². The number of rotatable bonds is 5. The average molecular weight is 247 g/mol. The Balaban J connectivity index is 2.10. The molecule has 0 fully saturated rings. The number of ether oxygens (including phenoxy) is 1. The highest BCUT2D eigenvalue weighted by Crippen LogP contribution is 2.25. The molecule has 0 aliphatic carbocycles. The molecule has 0 N–H and O–H groups in total. The van der Waals surface area contributed by atoms with E-state index < -0.39 is 0 Å². The molecule has 2 nitrogen and oxygen atoms in total. The average Bonchev–Trinajstić information content (AvgIpc) is 2.79. The Bertz CT molecular complexity index is 479. The number of benzene rings is 1. The molecule has 1 aromatic carbocycles. The van der Waals surface area contributed by atoms with Crippen molar-refractivity contribution in [1.82, 2.24) is 4.98 Å². The van der Waals surface area contributed by atoms with Gasteiger partial charge in [-0.2, -0.15) is 0 Å². The first-order valence-electron chi connectivity index (χ1n) is 5.80. The fourth-order valence-electron chi connectivity index (χ4n) is 1.78. The molecular weight excluding hydrogens is 230 g/mol. The minimum absolute atomic E-state index is 0.805. The summed E-state index contributed by atoms with van der Waals surface area (Å²) >= 11 is 1.74. The minimum Gasteiger partial charge on any atom is -0.385 e. The van der Waals surface area contributed by atoms with Crippen LogP contribution in [0.4, 0.5) is 0 Å². The number of hydrogen-bond acceptors (Lipinski definition) is 3. The van der Waals surface area contributed by atoms with Gasteiger partial charge in [-0.1, -0.05) is 24.3 Å². The lowest BCUT2D eigenvalue weighted by Gasteiger charge is -2.00. The van der Waals surface area contributed by atoms with E-state index in [9.17, 15) is 0 Å². The Morgan fingerprint density at radius 2 is 2.12 bits per heavy atom. The van der Waals surface area contributed by atoms with Gasteiger partial charge in [0.2, 0.25) is 0 Å². The topological polar surface area (TPSA) is 22.1 Å². The summed E-state index contributed by atoms with van der Waals surface area (Å²) in [7, 11) is 1.74. The van der Waals surface area contributed by atoms with Crippen molar-refractivity contribution in [1.29, 1.82) is 0 Å². The Hall–Kier alpha value is -1.19. The van der Waals surface area contributed by atoms with Crippen molar-refractivity contribution in [3.63, 3.8) is 0 Å². The van der Waals surface area contributed by atoms with Crippen molar-refractivity contribution >= 4 is 11.3 Å². The van der Waals surface area contributed by atoms with Crippen molar-refractivity contribution in [2.75, 3.05) is 13.7 Å². The predicted octanol–water partition coefficient (Wildman–Crippen LogP) is 3.70. The Labute approximate surface area is 106 Å². The lowest BCUT2D eigenvalue weighted by atomic mass is 10.1. The molecule has 2 rings (SSSR count). The lowest BCUT2D eigenvalue weighted by Crippen LogP contribution is -1.92. The summed E-state index contributed by atoms with van der Waals surface area (Å²) in [4.78, 5) is 4.68. The van der Waals surface area contributed by atoms with E-state index in [0.29, 0.717) is 0 Å². The van der Waals surface area contributed by atoms with E-state index in [4.69, 9.17) is 4.74 Å². The van der Waals surface area contributed by atoms with Crippen molar-refractivity contribution in [3.05, 3.63) is 40.2 Å². The maximum Gasteiger partial charge on any atom is 0.0933 e. The van der Waals surface area contributed by atoms with E-state index in [1.165, 1.54) is 16.1 Å². The van der Waals surface area contributed by atoms with Crippen LogP contribution < -0.4 is 0 Å². The van der Waals surface area contributed by atoms with Crippen LogP contribution in [-0.4, -0.2) is 18.7 Å². The molecule has 0 atom stereocenters. The van der Waals surface area contributed by atoms with E-state index in [-0.39, 0.29) is 0 Å². The zero-order chi connectivity index (χ0) is 12.1. The maximum atomic E-state index is 5.05. The quantitative estimate of drug-likeness (QED) is 0.752. The molecular formula is C14H17NOS. The van der Waals surface area contributed by atoms with Crippen LogP contribution in [0.3, 0.4) is 0 Å². The molecule has 0 aliphatic heterocycles. The fourth-order valence-corrected chi connectivity index (χ4v) is 2.62. The van der Waals surface area contributed by atoms with Gasteiger partial charge < -0.3 is 4.74 Å². The number of hydrogen-bond donors (Lipinski definition) is 0. The van der Waals surface area contributed by atoms with Crippen molar-refractivity contribution in [2.24, 2.45) is 0 Å². The molecule has 0 bridgehead atoms. The van der Waals surface area contributed by atoms with Gasteiger partial charge in [0.05, 0.1) is 10.7 Å². The summed E-state index contributed by atoms with van der Waals surface area (Å²) in [6, 6.07) is 8.37. The van der Waals surface area contributed by atoms with Crippen LogP contribution in [0.1, 0.15) is 17.0 Å². The van der Waals surface area contributed by atoms with Crippen molar-refractivity contribution < 1.29 is 4.74 Å². The van der Waals surface area contributed by atoms with Gasteiger partial charge in [0.25, 0.3) is 0 Å². The summed E-state index contributed by atoms with van der Waals surface area (Å²) in [6.07, 6.45) is 2.04. The van der Waals surface area contributed by atoms with Crippen LogP contribution in [0.2, 0.25) is 0 Å². The number of aromatic nitrogens is 1. The van der Waals surface area contributed by atoms with Crippen LogP contribution in [-0.2, 0) is 11.2 Å². The van der Waals surface area contributed by atoms with Crippen LogP contribution in [0, 0.1) is 6.92 Å². The summed E-state index contributed by atoms with van der Waals surface area (Å²) < 4.78 is 5.05. The number of methoxy groups -OCH3 is 1. The van der Waals surface area contributed by atoms with E-state index in [2.05, 4.69) is 41.6 Å². The summed E-state index contributed by atoms with van der Waals surface area (Å²) in [5.74, 6) is 0. The molecule has 3 heteroatoms. The third-order valence-corrected chi connectivity index (χ3v) is 3.62. The fraction of sp³-hybridized carbons (Fsp3) is 0.357. The van der Waals surface area contributed by atoms with Gasteiger partial charge in [-0.05, 0) is 18.9 Å². The Morgan fingerprint density at radius 3 is 2.88 bits per heavy atom. The van der Waals surface area contributed by atoms with Gasteiger partial charge in [0.1, 0.15) is 0 Å². The van der Waals surface area contributed by atoms with Crippen molar-refractivity contribution in [2.45, 2.75) is 19.8 Å². The standard InChI is InChI=1S/C14H17NOS/c1-11-6-3-4-7-12(11)13-10-17-14(15-13)8-5-9-16-2/h3-4,6-7,10H,5,8-9H2,1-2H3. The lowest BCUT2D eigenvalue weighted by molar-refractivity contribution is 0.195. The molecule has 0 saturated heterocycles.